The number of aryl methyl sites for hydroxylation is 4. The molecule has 0 fully saturated rings. The molecular weight excluding hydrogens is 240 g/mol. The maximum atomic E-state index is 12.2. The molecule has 0 aliphatic heterocycles. The zero-order chi connectivity index (χ0) is 14.2. The Labute approximate surface area is 112 Å². The van der Waals surface area contributed by atoms with Gasteiger partial charge in [0, 0.05) is 18.4 Å². The van der Waals surface area contributed by atoms with Crippen LogP contribution >= 0.6 is 0 Å². The van der Waals surface area contributed by atoms with Crippen molar-refractivity contribution < 1.29 is 4.79 Å². The van der Waals surface area contributed by atoms with E-state index in [4.69, 9.17) is 5.73 Å². The minimum atomic E-state index is -0.186. The number of nitrogens with zero attached hydrogens (tertiary/aromatic N) is 2. The second kappa shape index (κ2) is 4.76. The summed E-state index contributed by atoms with van der Waals surface area (Å²) >= 11 is 0. The summed E-state index contributed by atoms with van der Waals surface area (Å²) in [5, 5.41) is 7.03. The Bertz CT molecular complexity index is 643. The predicted molar refractivity (Wildman–Crippen MR) is 76.2 cm³/mol. The van der Waals surface area contributed by atoms with Crippen molar-refractivity contribution in [2.45, 2.75) is 20.8 Å². The third-order valence-electron chi connectivity index (χ3n) is 3.10. The fourth-order valence-corrected chi connectivity index (χ4v) is 2.01. The van der Waals surface area contributed by atoms with Crippen LogP contribution in [0.3, 0.4) is 0 Å². The van der Waals surface area contributed by atoms with E-state index in [2.05, 4.69) is 10.4 Å². The number of aromatic nitrogens is 2. The second-order valence-electron chi connectivity index (χ2n) is 4.77. The van der Waals surface area contributed by atoms with Crippen molar-refractivity contribution in [3.8, 4) is 0 Å². The molecule has 1 aromatic carbocycles. The Hall–Kier alpha value is -2.30. The van der Waals surface area contributed by atoms with Crippen LogP contribution in [0.1, 0.15) is 27.3 Å². The van der Waals surface area contributed by atoms with Crippen molar-refractivity contribution in [3.05, 3.63) is 40.7 Å². The van der Waals surface area contributed by atoms with Crippen LogP contribution in [0.2, 0.25) is 0 Å². The molecular formula is C14H18N4O. The number of hydrogen-bond acceptors (Lipinski definition) is 3. The lowest BCUT2D eigenvalue weighted by Crippen LogP contribution is -2.17. The number of nitrogen functional groups attached to an aromatic ring is 1. The zero-order valence-corrected chi connectivity index (χ0v) is 11.6. The number of anilines is 2. The van der Waals surface area contributed by atoms with Gasteiger partial charge in [0.1, 0.15) is 5.69 Å². The summed E-state index contributed by atoms with van der Waals surface area (Å²) in [5.74, 6) is -0.186. The van der Waals surface area contributed by atoms with E-state index in [9.17, 15) is 4.79 Å². The fraction of sp³-hybridized carbons (Fsp3) is 0.286. The highest BCUT2D eigenvalue weighted by Gasteiger charge is 2.13. The Morgan fingerprint density at radius 2 is 1.89 bits per heavy atom. The SMILES string of the molecule is Cc1cc(C(=O)Nc2cc(N)c(C)cc2C)n(C)n1. The van der Waals surface area contributed by atoms with E-state index in [1.807, 2.05) is 26.8 Å². The molecule has 2 rings (SSSR count). The standard InChI is InChI=1S/C14H18N4O/c1-8-5-9(2)12(7-11(8)15)16-14(19)13-6-10(3)17-18(13)4/h5-7H,15H2,1-4H3,(H,16,19). The number of carbonyl (C=O) groups is 1. The van der Waals surface area contributed by atoms with Gasteiger partial charge in [0.05, 0.1) is 5.69 Å². The molecule has 5 nitrogen and oxygen atoms in total. The van der Waals surface area contributed by atoms with Gasteiger partial charge in [-0.1, -0.05) is 6.07 Å². The van der Waals surface area contributed by atoms with Crippen LogP contribution in [0, 0.1) is 20.8 Å². The number of nitrogens with one attached hydrogen (secondary N) is 1. The number of nitrogens with two attached hydrogens (primary N) is 1. The molecule has 3 N–H and O–H groups in total. The molecule has 2 aromatic rings. The van der Waals surface area contributed by atoms with E-state index in [-0.39, 0.29) is 5.91 Å². The summed E-state index contributed by atoms with van der Waals surface area (Å²) in [4.78, 5) is 12.2. The molecule has 1 amide bonds. The van der Waals surface area contributed by atoms with Crippen LogP contribution in [0.5, 0.6) is 0 Å². The van der Waals surface area contributed by atoms with E-state index < -0.39 is 0 Å². The van der Waals surface area contributed by atoms with E-state index in [0.29, 0.717) is 11.4 Å². The van der Waals surface area contributed by atoms with Crippen molar-refractivity contribution in [3.63, 3.8) is 0 Å². The summed E-state index contributed by atoms with van der Waals surface area (Å²) < 4.78 is 1.57. The monoisotopic (exact) mass is 258 g/mol. The Balaban J connectivity index is 2.29. The van der Waals surface area contributed by atoms with Gasteiger partial charge in [-0.25, -0.2) is 0 Å². The molecule has 0 saturated carbocycles. The van der Waals surface area contributed by atoms with Gasteiger partial charge in [0.2, 0.25) is 0 Å². The normalized spacial score (nSPS) is 10.5. The van der Waals surface area contributed by atoms with Gasteiger partial charge < -0.3 is 11.1 Å². The number of rotatable bonds is 2. The first-order chi connectivity index (χ1) is 8.88. The number of amides is 1. The maximum absolute atomic E-state index is 12.2. The lowest BCUT2D eigenvalue weighted by molar-refractivity contribution is 0.101. The average Bonchev–Trinajstić information content (AvgIpc) is 2.65. The van der Waals surface area contributed by atoms with Crippen molar-refractivity contribution in [2.24, 2.45) is 7.05 Å². The van der Waals surface area contributed by atoms with Crippen LogP contribution in [-0.4, -0.2) is 15.7 Å². The second-order valence-corrected chi connectivity index (χ2v) is 4.77. The molecule has 19 heavy (non-hydrogen) atoms. The third kappa shape index (κ3) is 2.59. The van der Waals surface area contributed by atoms with Gasteiger partial charge in [-0.3, -0.25) is 9.48 Å². The summed E-state index contributed by atoms with van der Waals surface area (Å²) in [7, 11) is 1.75. The largest absolute Gasteiger partial charge is 0.398 e. The lowest BCUT2D eigenvalue weighted by Gasteiger charge is -2.11. The van der Waals surface area contributed by atoms with Gasteiger partial charge in [-0.2, -0.15) is 5.10 Å². The Kier molecular flexibility index (Phi) is 3.29. The van der Waals surface area contributed by atoms with E-state index >= 15 is 0 Å². The van der Waals surface area contributed by atoms with E-state index in [1.54, 1.807) is 23.9 Å². The minimum Gasteiger partial charge on any atom is -0.398 e. The number of benzene rings is 1. The average molecular weight is 258 g/mol. The van der Waals surface area contributed by atoms with Gasteiger partial charge in [-0.15, -0.1) is 0 Å². The van der Waals surface area contributed by atoms with Crippen molar-refractivity contribution in [2.75, 3.05) is 11.1 Å². The fourth-order valence-electron chi connectivity index (χ4n) is 2.01. The van der Waals surface area contributed by atoms with Crippen LogP contribution in [0.4, 0.5) is 11.4 Å². The smallest absolute Gasteiger partial charge is 0.273 e. The van der Waals surface area contributed by atoms with Gasteiger partial charge in [0.25, 0.3) is 5.91 Å². The minimum absolute atomic E-state index is 0.186. The van der Waals surface area contributed by atoms with E-state index in [1.165, 1.54) is 0 Å². The molecule has 0 aliphatic carbocycles. The molecule has 0 aliphatic rings. The Morgan fingerprint density at radius 1 is 1.21 bits per heavy atom. The summed E-state index contributed by atoms with van der Waals surface area (Å²) in [5.41, 5.74) is 10.6. The molecule has 100 valence electrons. The summed E-state index contributed by atoms with van der Waals surface area (Å²) in [6.07, 6.45) is 0. The molecule has 5 heteroatoms. The molecule has 1 aromatic heterocycles. The first-order valence-corrected chi connectivity index (χ1v) is 6.07. The van der Waals surface area contributed by atoms with Gasteiger partial charge >= 0.3 is 0 Å². The topological polar surface area (TPSA) is 72.9 Å². The molecule has 0 saturated heterocycles. The quantitative estimate of drug-likeness (QED) is 0.811. The first kappa shape index (κ1) is 13.1. The highest BCUT2D eigenvalue weighted by Crippen LogP contribution is 2.22. The molecule has 0 radical (unpaired) electrons. The Morgan fingerprint density at radius 3 is 2.47 bits per heavy atom. The highest BCUT2D eigenvalue weighted by molar-refractivity contribution is 6.03. The van der Waals surface area contributed by atoms with Gasteiger partial charge in [-0.05, 0) is 44.0 Å². The zero-order valence-electron chi connectivity index (χ0n) is 11.6. The molecule has 1 heterocycles. The number of carbonyl (C=O) groups excluding carboxylic acids is 1. The maximum Gasteiger partial charge on any atom is 0.273 e. The lowest BCUT2D eigenvalue weighted by atomic mass is 10.1. The summed E-state index contributed by atoms with van der Waals surface area (Å²) in [6.45, 7) is 5.74. The molecule has 0 spiro atoms. The van der Waals surface area contributed by atoms with Crippen LogP contribution < -0.4 is 11.1 Å². The van der Waals surface area contributed by atoms with Crippen molar-refractivity contribution in [1.29, 1.82) is 0 Å². The molecule has 0 unspecified atom stereocenters. The van der Waals surface area contributed by atoms with Crippen LogP contribution in [-0.2, 0) is 7.05 Å². The third-order valence-corrected chi connectivity index (χ3v) is 3.10. The van der Waals surface area contributed by atoms with Gasteiger partial charge in [0.15, 0.2) is 0 Å². The predicted octanol–water partition coefficient (Wildman–Crippen LogP) is 2.18. The molecule has 0 bridgehead atoms. The van der Waals surface area contributed by atoms with Crippen LogP contribution in [0.15, 0.2) is 18.2 Å². The summed E-state index contributed by atoms with van der Waals surface area (Å²) in [6, 6.07) is 5.49. The van der Waals surface area contributed by atoms with E-state index in [0.717, 1.165) is 22.5 Å². The highest BCUT2D eigenvalue weighted by atomic mass is 16.2. The van der Waals surface area contributed by atoms with Crippen molar-refractivity contribution >= 4 is 17.3 Å². The molecule has 0 atom stereocenters. The first-order valence-electron chi connectivity index (χ1n) is 6.07. The van der Waals surface area contributed by atoms with Crippen molar-refractivity contribution in [1.82, 2.24) is 9.78 Å². The number of hydrogen-bond donors (Lipinski definition) is 2. The van der Waals surface area contributed by atoms with Crippen LogP contribution in [0.25, 0.3) is 0 Å².